The SMILES string of the molecule is Cc1cccc(N2CC[NH+](C/C=C/c3ccc(N(C)C)cc3)CC2)c1C. The van der Waals surface area contributed by atoms with Crippen LogP contribution in [0.2, 0.25) is 0 Å². The number of nitrogens with one attached hydrogen (secondary N) is 1. The highest BCUT2D eigenvalue weighted by Crippen LogP contribution is 2.22. The van der Waals surface area contributed by atoms with E-state index < -0.39 is 0 Å². The molecule has 0 radical (unpaired) electrons. The molecule has 1 fully saturated rings. The van der Waals surface area contributed by atoms with Crippen molar-refractivity contribution in [3.8, 4) is 0 Å². The van der Waals surface area contributed by atoms with Gasteiger partial charge in [-0.15, -0.1) is 0 Å². The number of nitrogens with zero attached hydrogens (tertiary/aromatic N) is 2. The molecule has 0 saturated carbocycles. The van der Waals surface area contributed by atoms with Gasteiger partial charge in [0.1, 0.15) is 0 Å². The van der Waals surface area contributed by atoms with E-state index in [-0.39, 0.29) is 0 Å². The maximum Gasteiger partial charge on any atom is 0.0962 e. The van der Waals surface area contributed by atoms with Gasteiger partial charge in [-0.1, -0.05) is 30.3 Å². The molecule has 3 heteroatoms. The van der Waals surface area contributed by atoms with Crippen LogP contribution in [0.4, 0.5) is 11.4 Å². The number of rotatable bonds is 5. The predicted octanol–water partition coefficient (Wildman–Crippen LogP) is 2.79. The van der Waals surface area contributed by atoms with Crippen LogP contribution in [0.3, 0.4) is 0 Å². The second-order valence-electron chi connectivity index (χ2n) is 7.55. The number of hydrogen-bond donors (Lipinski definition) is 1. The van der Waals surface area contributed by atoms with E-state index in [0.29, 0.717) is 0 Å². The van der Waals surface area contributed by atoms with Crippen LogP contribution >= 0.6 is 0 Å². The van der Waals surface area contributed by atoms with Crippen molar-refractivity contribution in [2.75, 3.05) is 56.6 Å². The van der Waals surface area contributed by atoms with E-state index in [1.807, 2.05) is 0 Å². The van der Waals surface area contributed by atoms with E-state index in [9.17, 15) is 0 Å². The largest absolute Gasteiger partial charge is 0.378 e. The molecule has 0 spiro atoms. The van der Waals surface area contributed by atoms with E-state index in [0.717, 1.165) is 19.6 Å². The second kappa shape index (κ2) is 8.41. The van der Waals surface area contributed by atoms with Crippen LogP contribution in [-0.4, -0.2) is 46.8 Å². The van der Waals surface area contributed by atoms with Gasteiger partial charge in [-0.3, -0.25) is 0 Å². The van der Waals surface area contributed by atoms with Crippen molar-refractivity contribution < 1.29 is 4.90 Å². The van der Waals surface area contributed by atoms with Gasteiger partial charge in [0.15, 0.2) is 0 Å². The van der Waals surface area contributed by atoms with Crippen LogP contribution in [0.1, 0.15) is 16.7 Å². The number of hydrogen-bond acceptors (Lipinski definition) is 2. The predicted molar refractivity (Wildman–Crippen MR) is 113 cm³/mol. The minimum atomic E-state index is 1.11. The molecule has 1 saturated heterocycles. The maximum absolute atomic E-state index is 2.55. The average molecular weight is 351 g/mol. The molecule has 138 valence electrons. The highest BCUT2D eigenvalue weighted by atomic mass is 15.3. The van der Waals surface area contributed by atoms with Crippen molar-refractivity contribution in [3.63, 3.8) is 0 Å². The van der Waals surface area contributed by atoms with E-state index in [4.69, 9.17) is 0 Å². The van der Waals surface area contributed by atoms with Gasteiger partial charge in [0.2, 0.25) is 0 Å². The topological polar surface area (TPSA) is 10.9 Å². The Morgan fingerprint density at radius 3 is 2.35 bits per heavy atom. The van der Waals surface area contributed by atoms with Crippen molar-refractivity contribution >= 4 is 17.5 Å². The maximum atomic E-state index is 2.55. The fraction of sp³-hybridized carbons (Fsp3) is 0.391. The standard InChI is InChI=1S/C23H31N3/c1-19-7-5-9-23(20(19)2)26-17-15-25(16-18-26)14-6-8-21-10-12-22(13-11-21)24(3)4/h5-13H,14-18H2,1-4H3/p+1/b8-6+. The Labute approximate surface area is 158 Å². The number of aryl methyl sites for hydroxylation is 1. The molecule has 3 rings (SSSR count). The molecular formula is C23H32N3+. The Kier molecular flexibility index (Phi) is 6.00. The van der Waals surface area contributed by atoms with E-state index in [2.05, 4.69) is 92.4 Å². The van der Waals surface area contributed by atoms with Crippen molar-refractivity contribution in [3.05, 3.63) is 65.2 Å². The highest BCUT2D eigenvalue weighted by molar-refractivity contribution is 5.56. The molecule has 0 unspecified atom stereocenters. The lowest BCUT2D eigenvalue weighted by molar-refractivity contribution is -0.894. The summed E-state index contributed by atoms with van der Waals surface area (Å²) in [5, 5.41) is 0. The first-order valence-corrected chi connectivity index (χ1v) is 9.63. The fourth-order valence-electron chi connectivity index (χ4n) is 3.59. The molecule has 0 aliphatic carbocycles. The summed E-state index contributed by atoms with van der Waals surface area (Å²) in [6, 6.07) is 15.4. The van der Waals surface area contributed by atoms with Crippen LogP contribution in [-0.2, 0) is 0 Å². The molecule has 2 aromatic carbocycles. The zero-order valence-corrected chi connectivity index (χ0v) is 16.6. The summed E-state index contributed by atoms with van der Waals surface area (Å²) >= 11 is 0. The molecule has 1 aliphatic heterocycles. The Morgan fingerprint density at radius 1 is 1.00 bits per heavy atom. The summed E-state index contributed by atoms with van der Waals surface area (Å²) in [6.45, 7) is 10.3. The van der Waals surface area contributed by atoms with Crippen LogP contribution in [0.5, 0.6) is 0 Å². The molecule has 3 nitrogen and oxygen atoms in total. The Hall–Kier alpha value is -2.26. The van der Waals surface area contributed by atoms with Crippen molar-refractivity contribution in [2.45, 2.75) is 13.8 Å². The lowest BCUT2D eigenvalue weighted by Crippen LogP contribution is -3.14. The molecule has 0 atom stereocenters. The van der Waals surface area contributed by atoms with E-state index >= 15 is 0 Å². The lowest BCUT2D eigenvalue weighted by atomic mass is 10.1. The Bertz CT molecular complexity index is 739. The first-order valence-electron chi connectivity index (χ1n) is 9.63. The molecule has 26 heavy (non-hydrogen) atoms. The average Bonchev–Trinajstić information content (AvgIpc) is 2.65. The van der Waals surface area contributed by atoms with Crippen LogP contribution in [0.15, 0.2) is 48.5 Å². The first kappa shape index (κ1) is 18.5. The number of benzene rings is 2. The number of anilines is 2. The van der Waals surface area contributed by atoms with E-state index in [1.54, 1.807) is 4.90 Å². The normalized spacial score (nSPS) is 15.6. The Morgan fingerprint density at radius 2 is 1.69 bits per heavy atom. The smallest absolute Gasteiger partial charge is 0.0962 e. The minimum Gasteiger partial charge on any atom is -0.378 e. The second-order valence-corrected chi connectivity index (χ2v) is 7.55. The fourth-order valence-corrected chi connectivity index (χ4v) is 3.59. The van der Waals surface area contributed by atoms with Gasteiger partial charge >= 0.3 is 0 Å². The summed E-state index contributed by atoms with van der Waals surface area (Å²) < 4.78 is 0. The third-order valence-electron chi connectivity index (χ3n) is 5.51. The van der Waals surface area contributed by atoms with Gasteiger partial charge in [0, 0.05) is 25.5 Å². The molecule has 1 heterocycles. The zero-order valence-electron chi connectivity index (χ0n) is 16.6. The van der Waals surface area contributed by atoms with Crippen molar-refractivity contribution in [2.24, 2.45) is 0 Å². The zero-order chi connectivity index (χ0) is 18.5. The quantitative estimate of drug-likeness (QED) is 0.889. The summed E-state index contributed by atoms with van der Waals surface area (Å²) in [6.07, 6.45) is 4.58. The lowest BCUT2D eigenvalue weighted by Gasteiger charge is -2.34. The van der Waals surface area contributed by atoms with E-state index in [1.165, 1.54) is 41.2 Å². The van der Waals surface area contributed by atoms with Gasteiger partial charge in [0.05, 0.1) is 32.7 Å². The molecule has 0 aromatic heterocycles. The van der Waals surface area contributed by atoms with Crippen LogP contribution in [0.25, 0.3) is 6.08 Å². The summed E-state index contributed by atoms with van der Waals surface area (Å²) in [5.74, 6) is 0. The monoisotopic (exact) mass is 350 g/mol. The summed E-state index contributed by atoms with van der Waals surface area (Å²) in [5.41, 5.74) is 6.76. The molecule has 1 aliphatic rings. The molecule has 1 N–H and O–H groups in total. The van der Waals surface area contributed by atoms with Crippen molar-refractivity contribution in [1.82, 2.24) is 0 Å². The van der Waals surface area contributed by atoms with Gasteiger partial charge in [-0.2, -0.15) is 0 Å². The highest BCUT2D eigenvalue weighted by Gasteiger charge is 2.20. The third-order valence-corrected chi connectivity index (χ3v) is 5.51. The molecule has 0 amide bonds. The first-order chi connectivity index (χ1) is 12.5. The summed E-state index contributed by atoms with van der Waals surface area (Å²) in [7, 11) is 4.15. The molecule has 0 bridgehead atoms. The summed E-state index contributed by atoms with van der Waals surface area (Å²) in [4.78, 5) is 6.36. The van der Waals surface area contributed by atoms with Crippen molar-refractivity contribution in [1.29, 1.82) is 0 Å². The number of piperazine rings is 1. The number of quaternary nitrogens is 1. The minimum absolute atomic E-state index is 1.11. The third kappa shape index (κ3) is 4.47. The van der Waals surface area contributed by atoms with Gasteiger partial charge in [-0.25, -0.2) is 0 Å². The van der Waals surface area contributed by atoms with Gasteiger partial charge < -0.3 is 14.7 Å². The van der Waals surface area contributed by atoms with Crippen LogP contribution < -0.4 is 14.7 Å². The Balaban J connectivity index is 1.50. The molecule has 2 aromatic rings. The van der Waals surface area contributed by atoms with Gasteiger partial charge in [-0.05, 0) is 54.8 Å². The van der Waals surface area contributed by atoms with Crippen LogP contribution in [0, 0.1) is 13.8 Å². The molecular weight excluding hydrogens is 318 g/mol. The van der Waals surface area contributed by atoms with Gasteiger partial charge in [0.25, 0.3) is 0 Å².